The van der Waals surface area contributed by atoms with Gasteiger partial charge in [0.25, 0.3) is 5.91 Å². The molecule has 0 spiro atoms. The van der Waals surface area contributed by atoms with Crippen LogP contribution >= 0.6 is 23.9 Å². The topological polar surface area (TPSA) is 92.9 Å². The van der Waals surface area contributed by atoms with Crippen molar-refractivity contribution in [2.45, 2.75) is 6.92 Å². The molecule has 1 amide bonds. The third-order valence-electron chi connectivity index (χ3n) is 4.69. The van der Waals surface area contributed by atoms with E-state index in [1.807, 2.05) is 49.4 Å². The Morgan fingerprint density at radius 3 is 2.61 bits per heavy atom. The fourth-order valence-corrected chi connectivity index (χ4v) is 3.81. The van der Waals surface area contributed by atoms with Crippen molar-refractivity contribution in [1.29, 1.82) is 0 Å². The van der Waals surface area contributed by atoms with Gasteiger partial charge in [0.1, 0.15) is 16.6 Å². The third-order valence-corrected chi connectivity index (χ3v) is 5.45. The van der Waals surface area contributed by atoms with Crippen molar-refractivity contribution in [2.75, 3.05) is 5.32 Å². The van der Waals surface area contributed by atoms with Crippen molar-refractivity contribution in [3.05, 3.63) is 71.8 Å². The summed E-state index contributed by atoms with van der Waals surface area (Å²) in [5.74, 6) is 0.228. The molecule has 0 aliphatic heterocycles. The average Bonchev–Trinajstić information content (AvgIpc) is 3.40. The number of anilines is 1. The zero-order valence-corrected chi connectivity index (χ0v) is 17.9. The maximum Gasteiger partial charge on any atom is 0.257 e. The maximum absolute atomic E-state index is 12.5. The first kappa shape index (κ1) is 19.3. The van der Waals surface area contributed by atoms with Gasteiger partial charge in [0.05, 0.1) is 11.7 Å². The van der Waals surface area contributed by atoms with E-state index in [-0.39, 0.29) is 11.0 Å². The van der Waals surface area contributed by atoms with E-state index in [4.69, 9.17) is 16.6 Å². The van der Waals surface area contributed by atoms with Gasteiger partial charge in [-0.1, -0.05) is 17.7 Å². The van der Waals surface area contributed by atoms with Crippen LogP contribution in [-0.4, -0.2) is 24.8 Å². The van der Waals surface area contributed by atoms with Crippen LogP contribution in [0, 0.1) is 6.92 Å². The number of carbonyl (C=O) groups is 1. The lowest BCUT2D eigenvalue weighted by Gasteiger charge is -2.09. The molecule has 5 rings (SSSR count). The van der Waals surface area contributed by atoms with E-state index in [9.17, 15) is 4.79 Å². The Morgan fingerprint density at radius 2 is 1.77 bits per heavy atom. The Labute approximate surface area is 186 Å². The van der Waals surface area contributed by atoms with Gasteiger partial charge < -0.3 is 9.73 Å². The zero-order chi connectivity index (χ0) is 21.4. The van der Waals surface area contributed by atoms with Gasteiger partial charge in [-0.3, -0.25) is 10.1 Å². The van der Waals surface area contributed by atoms with Crippen molar-refractivity contribution in [3.8, 4) is 11.5 Å². The van der Waals surface area contributed by atoms with Gasteiger partial charge in [0, 0.05) is 16.8 Å². The molecular formula is C22H15N5O2S2. The zero-order valence-electron chi connectivity index (χ0n) is 16.2. The highest BCUT2D eigenvalue weighted by Crippen LogP contribution is 2.26. The number of aryl methyl sites for hydroxylation is 1. The number of carbonyl (C=O) groups excluding carboxylic acids is 1. The van der Waals surface area contributed by atoms with Crippen LogP contribution in [0.4, 0.5) is 5.69 Å². The summed E-state index contributed by atoms with van der Waals surface area (Å²) >= 11 is 6.40. The fraction of sp³-hybridized carbons (Fsp3) is 0.0455. The van der Waals surface area contributed by atoms with Gasteiger partial charge in [-0.25, -0.2) is 4.98 Å². The van der Waals surface area contributed by atoms with Crippen LogP contribution in [0.1, 0.15) is 15.9 Å². The summed E-state index contributed by atoms with van der Waals surface area (Å²) in [4.78, 5) is 17.1. The molecule has 152 valence electrons. The molecule has 0 aliphatic rings. The largest absolute Gasteiger partial charge is 0.436 e. The number of amides is 1. The minimum Gasteiger partial charge on any atom is -0.436 e. The lowest BCUT2D eigenvalue weighted by atomic mass is 10.1. The molecule has 7 nitrogen and oxygen atoms in total. The fourth-order valence-electron chi connectivity index (χ4n) is 3.09. The van der Waals surface area contributed by atoms with Gasteiger partial charge in [-0.05, 0) is 67.7 Å². The number of hydrogen-bond acceptors (Lipinski definition) is 7. The first-order chi connectivity index (χ1) is 15.0. The molecule has 9 heteroatoms. The quantitative estimate of drug-likeness (QED) is 0.380. The first-order valence-corrected chi connectivity index (χ1v) is 10.5. The van der Waals surface area contributed by atoms with Crippen LogP contribution in [0.5, 0.6) is 0 Å². The molecule has 2 N–H and O–H groups in total. The number of aromatic nitrogens is 3. The summed E-state index contributed by atoms with van der Waals surface area (Å²) in [7, 11) is 0. The number of nitrogens with zero attached hydrogens (tertiary/aromatic N) is 3. The maximum atomic E-state index is 12.5. The van der Waals surface area contributed by atoms with Crippen molar-refractivity contribution >= 4 is 62.8 Å². The molecule has 0 radical (unpaired) electrons. The highest BCUT2D eigenvalue weighted by atomic mass is 32.1. The molecule has 0 aliphatic carbocycles. The second kappa shape index (κ2) is 7.86. The molecule has 31 heavy (non-hydrogen) atoms. The second-order valence-corrected chi connectivity index (χ2v) is 7.88. The summed E-state index contributed by atoms with van der Waals surface area (Å²) < 4.78 is 14.1. The molecule has 2 heterocycles. The Hall–Kier alpha value is -3.69. The Balaban J connectivity index is 1.30. The monoisotopic (exact) mass is 445 g/mol. The summed E-state index contributed by atoms with van der Waals surface area (Å²) in [5, 5.41) is 5.88. The normalized spacial score (nSPS) is 11.0. The number of hydrogen-bond donors (Lipinski definition) is 2. The van der Waals surface area contributed by atoms with E-state index >= 15 is 0 Å². The Bertz CT molecular complexity index is 1440. The van der Waals surface area contributed by atoms with Gasteiger partial charge in [0.2, 0.25) is 5.89 Å². The molecule has 0 saturated carbocycles. The van der Waals surface area contributed by atoms with Crippen LogP contribution in [0.15, 0.2) is 65.1 Å². The Kier molecular flexibility index (Phi) is 4.89. The van der Waals surface area contributed by atoms with E-state index < -0.39 is 0 Å². The molecule has 0 bridgehead atoms. The van der Waals surface area contributed by atoms with E-state index in [1.165, 1.54) is 5.56 Å². The third kappa shape index (κ3) is 4.00. The summed E-state index contributed by atoms with van der Waals surface area (Å²) in [6.45, 7) is 2.03. The SMILES string of the molecule is Cc1ccc(-c2nc3cc(NC(=S)NC(=O)c4ccc5nsnc5c4)ccc3o2)cc1. The van der Waals surface area contributed by atoms with Crippen molar-refractivity contribution in [2.24, 2.45) is 0 Å². The van der Waals surface area contributed by atoms with Gasteiger partial charge in [-0.2, -0.15) is 8.75 Å². The standard InChI is InChI=1S/C22H15N5O2S2/c1-12-2-4-13(5-3-12)21-24-18-11-15(7-9-19(18)29-21)23-22(30)25-20(28)14-6-8-16-17(10-14)27-31-26-16/h2-11H,1H3,(H2,23,25,28,30). The molecule has 0 fully saturated rings. The van der Waals surface area contributed by atoms with Crippen molar-refractivity contribution < 1.29 is 9.21 Å². The summed E-state index contributed by atoms with van der Waals surface area (Å²) in [6.07, 6.45) is 0. The van der Waals surface area contributed by atoms with Gasteiger partial charge in [0.15, 0.2) is 10.7 Å². The number of benzene rings is 3. The van der Waals surface area contributed by atoms with Crippen LogP contribution < -0.4 is 10.6 Å². The smallest absolute Gasteiger partial charge is 0.257 e. The number of thiocarbonyl (C=S) groups is 1. The lowest BCUT2D eigenvalue weighted by molar-refractivity contribution is 0.0978. The predicted octanol–water partition coefficient (Wildman–Crippen LogP) is 4.93. The molecule has 5 aromatic rings. The Morgan fingerprint density at radius 1 is 0.968 bits per heavy atom. The van der Waals surface area contributed by atoms with Crippen LogP contribution in [-0.2, 0) is 0 Å². The highest BCUT2D eigenvalue weighted by Gasteiger charge is 2.12. The molecule has 0 atom stereocenters. The molecule has 0 saturated heterocycles. The average molecular weight is 446 g/mol. The molecular weight excluding hydrogens is 430 g/mol. The van der Waals surface area contributed by atoms with Gasteiger partial charge in [-0.15, -0.1) is 0 Å². The minimum atomic E-state index is -0.323. The van der Waals surface area contributed by atoms with Crippen LogP contribution in [0.3, 0.4) is 0 Å². The first-order valence-electron chi connectivity index (χ1n) is 9.37. The summed E-state index contributed by atoms with van der Waals surface area (Å²) in [6, 6.07) is 18.6. The van der Waals surface area contributed by atoms with E-state index in [1.54, 1.807) is 18.2 Å². The molecule has 3 aromatic carbocycles. The van der Waals surface area contributed by atoms with E-state index in [0.717, 1.165) is 22.8 Å². The van der Waals surface area contributed by atoms with E-state index in [0.29, 0.717) is 33.8 Å². The highest BCUT2D eigenvalue weighted by molar-refractivity contribution is 7.80. The van der Waals surface area contributed by atoms with Crippen molar-refractivity contribution in [1.82, 2.24) is 19.0 Å². The number of oxazole rings is 1. The lowest BCUT2D eigenvalue weighted by Crippen LogP contribution is -2.34. The summed E-state index contributed by atoms with van der Waals surface area (Å²) in [5.41, 5.74) is 6.03. The second-order valence-electron chi connectivity index (χ2n) is 6.94. The number of rotatable bonds is 3. The molecule has 2 aromatic heterocycles. The van der Waals surface area contributed by atoms with Crippen LogP contribution in [0.25, 0.3) is 33.6 Å². The minimum absolute atomic E-state index is 0.183. The van der Waals surface area contributed by atoms with Gasteiger partial charge >= 0.3 is 0 Å². The number of fused-ring (bicyclic) bond motifs is 2. The number of nitrogens with one attached hydrogen (secondary N) is 2. The molecule has 0 unspecified atom stereocenters. The van der Waals surface area contributed by atoms with Crippen molar-refractivity contribution in [3.63, 3.8) is 0 Å². The van der Waals surface area contributed by atoms with E-state index in [2.05, 4.69) is 24.4 Å². The predicted molar refractivity (Wildman–Crippen MR) is 125 cm³/mol. The van der Waals surface area contributed by atoms with Crippen LogP contribution in [0.2, 0.25) is 0 Å².